The lowest BCUT2D eigenvalue weighted by Gasteiger charge is -2.06. The Hall–Kier alpha value is -1.35. The fourth-order valence-electron chi connectivity index (χ4n) is 0.927. The Morgan fingerprint density at radius 1 is 1.38 bits per heavy atom. The first kappa shape index (κ1) is 9.74. The van der Waals surface area contributed by atoms with E-state index < -0.39 is 0 Å². The van der Waals surface area contributed by atoms with Crippen LogP contribution in [0.4, 0.5) is 10.1 Å². The van der Waals surface area contributed by atoms with E-state index in [2.05, 4.69) is 5.32 Å². The summed E-state index contributed by atoms with van der Waals surface area (Å²) in [6.45, 7) is 0.702. The molecule has 1 rings (SSSR count). The summed E-state index contributed by atoms with van der Waals surface area (Å²) in [4.78, 5) is 0. The first-order valence-corrected chi connectivity index (χ1v) is 4.14. The predicted octanol–water partition coefficient (Wildman–Crippen LogP) is 1.91. The highest BCUT2D eigenvalue weighted by molar-refractivity contribution is 5.43. The van der Waals surface area contributed by atoms with Crippen LogP contribution in [0.2, 0.25) is 0 Å². The quantitative estimate of drug-likeness (QED) is 0.742. The maximum Gasteiger partial charge on any atom is 0.0889 e. The number of halogens is 1. The maximum atomic E-state index is 12.1. The molecule has 70 valence electrons. The molecule has 0 saturated carbocycles. The second-order valence-corrected chi connectivity index (χ2v) is 2.69. The van der Waals surface area contributed by atoms with Gasteiger partial charge in [-0.25, -0.2) is 4.39 Å². The van der Waals surface area contributed by atoms with Crippen molar-refractivity contribution in [3.8, 4) is 0 Å². The van der Waals surface area contributed by atoms with Gasteiger partial charge in [-0.05, 0) is 17.7 Å². The van der Waals surface area contributed by atoms with Crippen LogP contribution in [0.3, 0.4) is 0 Å². The normalized spacial score (nSPS) is 11.4. The highest BCUT2D eigenvalue weighted by atomic mass is 19.1. The van der Waals surface area contributed by atoms with Crippen molar-refractivity contribution in [2.24, 2.45) is 5.73 Å². The van der Waals surface area contributed by atoms with Crippen molar-refractivity contribution in [2.45, 2.75) is 0 Å². The van der Waals surface area contributed by atoms with Gasteiger partial charge < -0.3 is 11.1 Å². The maximum absolute atomic E-state index is 12.1. The SMILES string of the molecule is NC/C(=C\F)CNc1ccccc1. The predicted molar refractivity (Wildman–Crippen MR) is 53.2 cm³/mol. The lowest BCUT2D eigenvalue weighted by atomic mass is 10.2. The van der Waals surface area contributed by atoms with Crippen LogP contribution in [0.25, 0.3) is 0 Å². The smallest absolute Gasteiger partial charge is 0.0889 e. The number of rotatable bonds is 4. The third-order valence-corrected chi connectivity index (χ3v) is 1.71. The summed E-state index contributed by atoms with van der Waals surface area (Å²) >= 11 is 0. The monoisotopic (exact) mass is 180 g/mol. The molecule has 0 saturated heterocycles. The third-order valence-electron chi connectivity index (χ3n) is 1.71. The fourth-order valence-corrected chi connectivity index (χ4v) is 0.927. The molecule has 0 aliphatic heterocycles. The minimum absolute atomic E-state index is 0.246. The fraction of sp³-hybridized carbons (Fsp3) is 0.200. The zero-order valence-corrected chi connectivity index (χ0v) is 7.33. The van der Waals surface area contributed by atoms with Crippen LogP contribution in [0.1, 0.15) is 0 Å². The molecule has 0 radical (unpaired) electrons. The highest BCUT2D eigenvalue weighted by Gasteiger charge is 1.94. The summed E-state index contributed by atoms with van der Waals surface area (Å²) in [6, 6.07) is 9.62. The van der Waals surface area contributed by atoms with E-state index >= 15 is 0 Å². The Kier molecular flexibility index (Phi) is 3.99. The van der Waals surface area contributed by atoms with Gasteiger partial charge in [0.25, 0.3) is 0 Å². The van der Waals surface area contributed by atoms with Crippen LogP contribution < -0.4 is 11.1 Å². The largest absolute Gasteiger partial charge is 0.381 e. The Bertz CT molecular complexity index is 270. The molecule has 3 heteroatoms. The highest BCUT2D eigenvalue weighted by Crippen LogP contribution is 2.05. The van der Waals surface area contributed by atoms with Crippen molar-refractivity contribution in [3.63, 3.8) is 0 Å². The molecular weight excluding hydrogens is 167 g/mol. The average Bonchev–Trinajstić information content (AvgIpc) is 2.21. The molecule has 1 aromatic carbocycles. The Morgan fingerprint density at radius 3 is 2.62 bits per heavy atom. The van der Waals surface area contributed by atoms with Gasteiger partial charge in [-0.3, -0.25) is 0 Å². The minimum Gasteiger partial charge on any atom is -0.381 e. The molecule has 0 aliphatic carbocycles. The van der Waals surface area contributed by atoms with E-state index in [9.17, 15) is 4.39 Å². The lowest BCUT2D eigenvalue weighted by Crippen LogP contribution is -2.12. The molecule has 13 heavy (non-hydrogen) atoms. The zero-order valence-electron chi connectivity index (χ0n) is 7.33. The molecule has 0 unspecified atom stereocenters. The molecule has 2 nitrogen and oxygen atoms in total. The molecule has 0 amide bonds. The molecule has 0 heterocycles. The number of hydrogen-bond donors (Lipinski definition) is 2. The summed E-state index contributed by atoms with van der Waals surface area (Å²) in [7, 11) is 0. The van der Waals surface area contributed by atoms with Crippen LogP contribution in [0.5, 0.6) is 0 Å². The Balaban J connectivity index is 2.43. The second-order valence-electron chi connectivity index (χ2n) is 2.69. The Labute approximate surface area is 77.3 Å². The first-order chi connectivity index (χ1) is 6.36. The van der Waals surface area contributed by atoms with Gasteiger partial charge in [0, 0.05) is 18.8 Å². The molecule has 0 bridgehead atoms. The van der Waals surface area contributed by atoms with Crippen molar-refractivity contribution in [1.29, 1.82) is 0 Å². The number of anilines is 1. The number of nitrogens with one attached hydrogen (secondary N) is 1. The van der Waals surface area contributed by atoms with E-state index in [1.807, 2.05) is 30.3 Å². The van der Waals surface area contributed by atoms with Gasteiger partial charge >= 0.3 is 0 Å². The van der Waals surface area contributed by atoms with Crippen molar-refractivity contribution >= 4 is 5.69 Å². The van der Waals surface area contributed by atoms with E-state index in [1.54, 1.807) is 0 Å². The number of nitrogens with two attached hydrogens (primary N) is 1. The second kappa shape index (κ2) is 5.32. The summed E-state index contributed by atoms with van der Waals surface area (Å²) < 4.78 is 12.1. The summed E-state index contributed by atoms with van der Waals surface area (Å²) in [5, 5.41) is 3.06. The summed E-state index contributed by atoms with van der Waals surface area (Å²) in [5.41, 5.74) is 6.83. The Morgan fingerprint density at radius 2 is 2.08 bits per heavy atom. The van der Waals surface area contributed by atoms with E-state index in [0.29, 0.717) is 18.4 Å². The number of para-hydroxylation sites is 1. The van der Waals surface area contributed by atoms with Crippen LogP contribution in [0.15, 0.2) is 42.2 Å². The summed E-state index contributed by atoms with van der Waals surface area (Å²) in [5.74, 6) is 0. The van der Waals surface area contributed by atoms with Gasteiger partial charge in [-0.1, -0.05) is 18.2 Å². The topological polar surface area (TPSA) is 38.0 Å². The first-order valence-electron chi connectivity index (χ1n) is 4.14. The van der Waals surface area contributed by atoms with Gasteiger partial charge in [0.15, 0.2) is 0 Å². The van der Waals surface area contributed by atoms with E-state index in [4.69, 9.17) is 5.73 Å². The molecule has 0 atom stereocenters. The lowest BCUT2D eigenvalue weighted by molar-refractivity contribution is 0.703. The van der Waals surface area contributed by atoms with Crippen molar-refractivity contribution in [3.05, 3.63) is 42.2 Å². The molecule has 1 aromatic rings. The van der Waals surface area contributed by atoms with E-state index in [1.165, 1.54) is 0 Å². The van der Waals surface area contributed by atoms with E-state index in [0.717, 1.165) is 5.69 Å². The van der Waals surface area contributed by atoms with Crippen molar-refractivity contribution in [2.75, 3.05) is 18.4 Å². The average molecular weight is 180 g/mol. The van der Waals surface area contributed by atoms with Gasteiger partial charge in [-0.2, -0.15) is 0 Å². The van der Waals surface area contributed by atoms with Gasteiger partial charge in [0.1, 0.15) is 0 Å². The van der Waals surface area contributed by atoms with Crippen LogP contribution >= 0.6 is 0 Å². The van der Waals surface area contributed by atoms with Crippen LogP contribution in [0, 0.1) is 0 Å². The number of benzene rings is 1. The number of hydrogen-bond acceptors (Lipinski definition) is 2. The molecule has 3 N–H and O–H groups in total. The van der Waals surface area contributed by atoms with Crippen LogP contribution in [-0.4, -0.2) is 13.1 Å². The third kappa shape index (κ3) is 3.25. The summed E-state index contributed by atoms with van der Waals surface area (Å²) in [6.07, 6.45) is 0.552. The van der Waals surface area contributed by atoms with Gasteiger partial charge in [-0.15, -0.1) is 0 Å². The molecule has 0 aliphatic rings. The molecule has 0 fully saturated rings. The van der Waals surface area contributed by atoms with Crippen LogP contribution in [-0.2, 0) is 0 Å². The zero-order chi connectivity index (χ0) is 9.52. The molecule has 0 spiro atoms. The standard InChI is InChI=1S/C10H13FN2/c11-6-9(7-12)8-13-10-4-2-1-3-5-10/h1-6,13H,7-8,12H2/b9-6+. The molecular formula is C10H13FN2. The van der Waals surface area contributed by atoms with Gasteiger partial charge in [0.2, 0.25) is 0 Å². The van der Waals surface area contributed by atoms with Crippen molar-refractivity contribution < 1.29 is 4.39 Å². The van der Waals surface area contributed by atoms with Gasteiger partial charge in [0.05, 0.1) is 6.33 Å². The molecule has 0 aromatic heterocycles. The van der Waals surface area contributed by atoms with E-state index in [-0.39, 0.29) is 6.54 Å². The van der Waals surface area contributed by atoms with Crippen molar-refractivity contribution in [1.82, 2.24) is 0 Å². The minimum atomic E-state index is 0.246.